The van der Waals surface area contributed by atoms with Gasteiger partial charge in [0.05, 0.1) is 6.61 Å². The minimum Gasteiger partial charge on any atom is -0.493 e. The molecule has 19 heavy (non-hydrogen) atoms. The van der Waals surface area contributed by atoms with Crippen LogP contribution in [0, 0.1) is 6.07 Å². The summed E-state index contributed by atoms with van der Waals surface area (Å²) >= 11 is 0. The normalized spacial score (nSPS) is 12.4. The maximum absolute atomic E-state index is 5.71. The van der Waals surface area contributed by atoms with Crippen molar-refractivity contribution in [3.63, 3.8) is 0 Å². The number of hydrogen-bond acceptors (Lipinski definition) is 3. The zero-order valence-corrected chi connectivity index (χ0v) is 10.6. The van der Waals surface area contributed by atoms with Crippen LogP contribution in [0.3, 0.4) is 0 Å². The molecule has 0 unspecified atom stereocenters. The van der Waals surface area contributed by atoms with Crippen molar-refractivity contribution in [2.24, 2.45) is 0 Å². The standard InChI is InChI=1S/C16H15O3/c1-2-5-13(6-3-1)7-4-10-17-14-8-9-15-16(11-14)19-12-18-15/h2-3,5-6,8-9,11H,4,7,10,12H2. The lowest BCUT2D eigenvalue weighted by Crippen LogP contribution is -1.99. The van der Waals surface area contributed by atoms with E-state index in [4.69, 9.17) is 14.2 Å². The van der Waals surface area contributed by atoms with E-state index in [-0.39, 0.29) is 0 Å². The molecule has 0 saturated carbocycles. The Balaban J connectivity index is 1.48. The van der Waals surface area contributed by atoms with Crippen molar-refractivity contribution in [1.29, 1.82) is 0 Å². The van der Waals surface area contributed by atoms with Crippen molar-refractivity contribution >= 4 is 0 Å². The highest BCUT2D eigenvalue weighted by Crippen LogP contribution is 2.35. The van der Waals surface area contributed by atoms with Crippen LogP contribution in [-0.4, -0.2) is 13.4 Å². The van der Waals surface area contributed by atoms with Crippen LogP contribution in [0.2, 0.25) is 0 Å². The summed E-state index contributed by atoms with van der Waals surface area (Å²) in [6, 6.07) is 16.7. The van der Waals surface area contributed by atoms with E-state index in [9.17, 15) is 0 Å². The number of hydrogen-bond donors (Lipinski definition) is 0. The Morgan fingerprint density at radius 1 is 1.05 bits per heavy atom. The molecule has 0 aliphatic carbocycles. The maximum atomic E-state index is 5.71. The van der Waals surface area contributed by atoms with Crippen molar-refractivity contribution in [1.82, 2.24) is 0 Å². The molecule has 1 aliphatic rings. The molecule has 1 heterocycles. The highest BCUT2D eigenvalue weighted by Gasteiger charge is 2.13. The molecule has 97 valence electrons. The van der Waals surface area contributed by atoms with Crippen LogP contribution in [0.4, 0.5) is 0 Å². The lowest BCUT2D eigenvalue weighted by molar-refractivity contribution is 0.173. The number of benzene rings is 2. The van der Waals surface area contributed by atoms with Gasteiger partial charge in [0.1, 0.15) is 5.75 Å². The van der Waals surface area contributed by atoms with Crippen molar-refractivity contribution in [3.05, 3.63) is 54.1 Å². The third-order valence-electron chi connectivity index (χ3n) is 3.01. The first kappa shape index (κ1) is 11.9. The quantitative estimate of drug-likeness (QED) is 0.768. The molecule has 0 fully saturated rings. The third kappa shape index (κ3) is 2.99. The summed E-state index contributed by atoms with van der Waals surface area (Å²) in [5.74, 6) is 2.37. The van der Waals surface area contributed by atoms with E-state index in [1.54, 1.807) is 0 Å². The summed E-state index contributed by atoms with van der Waals surface area (Å²) in [6.07, 6.45) is 2.00. The molecule has 3 nitrogen and oxygen atoms in total. The molecular formula is C16H15O3. The van der Waals surface area contributed by atoms with Crippen LogP contribution in [0.5, 0.6) is 17.2 Å². The molecule has 0 saturated heterocycles. The first-order valence-corrected chi connectivity index (χ1v) is 6.39. The Morgan fingerprint density at radius 3 is 2.79 bits per heavy atom. The summed E-state index contributed by atoms with van der Waals surface area (Å²) < 4.78 is 16.3. The first-order valence-electron chi connectivity index (χ1n) is 6.39. The van der Waals surface area contributed by atoms with E-state index in [0.717, 1.165) is 30.1 Å². The summed E-state index contributed by atoms with van der Waals surface area (Å²) in [5.41, 5.74) is 1.31. The van der Waals surface area contributed by atoms with Gasteiger partial charge in [-0.2, -0.15) is 0 Å². The van der Waals surface area contributed by atoms with E-state index >= 15 is 0 Å². The Bertz CT molecular complexity index is 537. The Hall–Kier alpha value is -2.16. The summed E-state index contributed by atoms with van der Waals surface area (Å²) in [5, 5.41) is 0. The van der Waals surface area contributed by atoms with E-state index < -0.39 is 0 Å². The van der Waals surface area contributed by atoms with Gasteiger partial charge in [0, 0.05) is 6.07 Å². The molecule has 0 N–H and O–H groups in total. The van der Waals surface area contributed by atoms with Crippen LogP contribution in [0.1, 0.15) is 12.0 Å². The van der Waals surface area contributed by atoms with Crippen LogP contribution < -0.4 is 14.2 Å². The number of fused-ring (bicyclic) bond motifs is 1. The lowest BCUT2D eigenvalue weighted by Gasteiger charge is -2.07. The van der Waals surface area contributed by atoms with Gasteiger partial charge in [0.25, 0.3) is 0 Å². The predicted molar refractivity (Wildman–Crippen MR) is 71.7 cm³/mol. The Kier molecular flexibility index (Phi) is 3.54. The molecule has 0 aromatic heterocycles. The van der Waals surface area contributed by atoms with Gasteiger partial charge in [-0.15, -0.1) is 0 Å². The molecule has 2 aromatic rings. The fraction of sp³-hybridized carbons (Fsp3) is 0.250. The Labute approximate surface area is 112 Å². The molecule has 1 radical (unpaired) electrons. The lowest BCUT2D eigenvalue weighted by atomic mass is 10.1. The fourth-order valence-electron chi connectivity index (χ4n) is 2.02. The largest absolute Gasteiger partial charge is 0.493 e. The molecule has 0 spiro atoms. The molecule has 3 rings (SSSR count). The third-order valence-corrected chi connectivity index (χ3v) is 3.01. The van der Waals surface area contributed by atoms with Gasteiger partial charge >= 0.3 is 0 Å². The highest BCUT2D eigenvalue weighted by atomic mass is 16.7. The molecule has 2 aromatic carbocycles. The second kappa shape index (κ2) is 5.65. The van der Waals surface area contributed by atoms with Crippen molar-refractivity contribution < 1.29 is 14.2 Å². The predicted octanol–water partition coefficient (Wildman–Crippen LogP) is 3.23. The molecule has 1 aliphatic heterocycles. The van der Waals surface area contributed by atoms with E-state index in [1.807, 2.05) is 30.3 Å². The average molecular weight is 255 g/mol. The van der Waals surface area contributed by atoms with Crippen molar-refractivity contribution in [3.8, 4) is 17.2 Å². The van der Waals surface area contributed by atoms with Crippen LogP contribution in [0.15, 0.2) is 42.5 Å². The first-order chi connectivity index (χ1) is 9.42. The molecular weight excluding hydrogens is 240 g/mol. The van der Waals surface area contributed by atoms with Crippen molar-refractivity contribution in [2.75, 3.05) is 13.4 Å². The van der Waals surface area contributed by atoms with Gasteiger partial charge in [-0.3, -0.25) is 0 Å². The molecule has 0 atom stereocenters. The van der Waals surface area contributed by atoms with Gasteiger partial charge in [0.2, 0.25) is 6.79 Å². The zero-order chi connectivity index (χ0) is 12.9. The average Bonchev–Trinajstić information content (AvgIpc) is 2.92. The summed E-state index contributed by atoms with van der Waals surface area (Å²) in [7, 11) is 0. The number of ether oxygens (including phenoxy) is 3. The minimum atomic E-state index is 0.295. The fourth-order valence-corrected chi connectivity index (χ4v) is 2.02. The van der Waals surface area contributed by atoms with Gasteiger partial charge in [0.15, 0.2) is 11.5 Å². The van der Waals surface area contributed by atoms with Crippen molar-refractivity contribution in [2.45, 2.75) is 12.8 Å². The highest BCUT2D eigenvalue weighted by molar-refractivity contribution is 5.46. The second-order valence-corrected chi connectivity index (χ2v) is 4.38. The van der Waals surface area contributed by atoms with Gasteiger partial charge in [-0.1, -0.05) is 24.3 Å². The molecule has 3 heteroatoms. The topological polar surface area (TPSA) is 27.7 Å². The maximum Gasteiger partial charge on any atom is 0.231 e. The SMILES string of the molecule is [c]1ccc(CCCOc2ccc3c(c2)OCO3)cc1. The number of aryl methyl sites for hydroxylation is 1. The number of rotatable bonds is 5. The van der Waals surface area contributed by atoms with Gasteiger partial charge in [-0.25, -0.2) is 0 Å². The minimum absolute atomic E-state index is 0.295. The Morgan fingerprint density at radius 2 is 1.89 bits per heavy atom. The van der Waals surface area contributed by atoms with E-state index in [0.29, 0.717) is 13.4 Å². The molecule has 0 amide bonds. The summed E-state index contributed by atoms with van der Waals surface area (Å²) in [4.78, 5) is 0. The molecule has 0 bridgehead atoms. The van der Waals surface area contributed by atoms with E-state index in [2.05, 4.69) is 18.2 Å². The second-order valence-electron chi connectivity index (χ2n) is 4.38. The van der Waals surface area contributed by atoms with Crippen LogP contribution >= 0.6 is 0 Å². The zero-order valence-electron chi connectivity index (χ0n) is 10.6. The summed E-state index contributed by atoms with van der Waals surface area (Å²) in [6.45, 7) is 0.988. The van der Waals surface area contributed by atoms with Crippen LogP contribution in [-0.2, 0) is 6.42 Å². The monoisotopic (exact) mass is 255 g/mol. The smallest absolute Gasteiger partial charge is 0.231 e. The van der Waals surface area contributed by atoms with E-state index in [1.165, 1.54) is 5.56 Å². The van der Waals surface area contributed by atoms with Gasteiger partial charge < -0.3 is 14.2 Å². The van der Waals surface area contributed by atoms with Gasteiger partial charge in [-0.05, 0) is 36.6 Å². The van der Waals surface area contributed by atoms with Crippen LogP contribution in [0.25, 0.3) is 0 Å².